The van der Waals surface area contributed by atoms with Gasteiger partial charge in [0.15, 0.2) is 6.04 Å². The zero-order valence-electron chi connectivity index (χ0n) is 17.0. The van der Waals surface area contributed by atoms with Crippen molar-refractivity contribution in [2.75, 3.05) is 5.32 Å². The van der Waals surface area contributed by atoms with Gasteiger partial charge in [-0.05, 0) is 53.1 Å². The van der Waals surface area contributed by atoms with Crippen molar-refractivity contribution in [3.8, 4) is 0 Å². The Hall–Kier alpha value is -3.39. The van der Waals surface area contributed by atoms with E-state index in [1.807, 2.05) is 0 Å². The number of aliphatic carboxylic acids is 1. The SMILES string of the molecule is O=C(O)[C@H](c1ccc(Cl)cc1)N1C(=O)c2cc(CO)ccc2NC(=O)[C@@H]1c1ccc(Cl)cc1. The summed E-state index contributed by atoms with van der Waals surface area (Å²) in [5, 5.41) is 23.3. The van der Waals surface area contributed by atoms with Gasteiger partial charge in [-0.15, -0.1) is 0 Å². The maximum absolute atomic E-state index is 13.8. The monoisotopic (exact) mass is 484 g/mol. The number of aliphatic hydroxyl groups excluding tert-OH is 1. The molecule has 0 fully saturated rings. The number of fused-ring (bicyclic) bond motifs is 1. The molecule has 3 aromatic carbocycles. The largest absolute Gasteiger partial charge is 0.479 e. The molecule has 0 bridgehead atoms. The standard InChI is InChI=1S/C24H18Cl2N2O5/c25-16-6-2-14(3-7-16)20-22(30)27-19-10-1-13(12-29)11-18(19)23(31)28(20)21(24(32)33)15-4-8-17(26)9-5-15/h1-11,20-21,29H,12H2,(H,27,30)(H,32,33)/t20-,21-/m0/s1. The van der Waals surface area contributed by atoms with Crippen LogP contribution in [0.25, 0.3) is 0 Å². The summed E-state index contributed by atoms with van der Waals surface area (Å²) in [4.78, 5) is 40.7. The third-order valence-electron chi connectivity index (χ3n) is 5.40. The van der Waals surface area contributed by atoms with E-state index in [2.05, 4.69) is 5.32 Å². The molecule has 0 saturated heterocycles. The van der Waals surface area contributed by atoms with Gasteiger partial charge in [-0.2, -0.15) is 0 Å². The Labute approximate surface area is 199 Å². The molecule has 0 saturated carbocycles. The summed E-state index contributed by atoms with van der Waals surface area (Å²) in [6, 6.07) is 14.1. The number of hydrogen-bond acceptors (Lipinski definition) is 4. The second-order valence-corrected chi connectivity index (χ2v) is 8.36. The highest BCUT2D eigenvalue weighted by molar-refractivity contribution is 6.30. The lowest BCUT2D eigenvalue weighted by Crippen LogP contribution is -2.44. The molecule has 0 radical (unpaired) electrons. The van der Waals surface area contributed by atoms with Gasteiger partial charge in [0.1, 0.15) is 6.04 Å². The molecule has 1 heterocycles. The summed E-state index contributed by atoms with van der Waals surface area (Å²) in [7, 11) is 0. The molecule has 2 amide bonds. The van der Waals surface area contributed by atoms with Crippen LogP contribution >= 0.6 is 23.2 Å². The van der Waals surface area contributed by atoms with Crippen LogP contribution in [0, 0.1) is 0 Å². The number of hydrogen-bond donors (Lipinski definition) is 3. The molecule has 0 unspecified atom stereocenters. The predicted octanol–water partition coefficient (Wildman–Crippen LogP) is 4.45. The normalized spacial score (nSPS) is 16.6. The second-order valence-electron chi connectivity index (χ2n) is 7.49. The van der Waals surface area contributed by atoms with Crippen LogP contribution in [0.5, 0.6) is 0 Å². The van der Waals surface area contributed by atoms with E-state index in [1.54, 1.807) is 30.3 Å². The van der Waals surface area contributed by atoms with E-state index < -0.39 is 29.9 Å². The van der Waals surface area contributed by atoms with Gasteiger partial charge in [0, 0.05) is 10.0 Å². The molecule has 3 aromatic rings. The molecule has 4 rings (SSSR count). The Kier molecular flexibility index (Phi) is 6.37. The molecule has 3 N–H and O–H groups in total. The van der Waals surface area contributed by atoms with E-state index in [0.29, 0.717) is 21.2 Å². The molecule has 7 nitrogen and oxygen atoms in total. The molecule has 33 heavy (non-hydrogen) atoms. The number of nitrogens with one attached hydrogen (secondary N) is 1. The van der Waals surface area contributed by atoms with Crippen LogP contribution in [-0.4, -0.2) is 32.9 Å². The highest BCUT2D eigenvalue weighted by Crippen LogP contribution is 2.38. The van der Waals surface area contributed by atoms with E-state index in [1.165, 1.54) is 36.4 Å². The van der Waals surface area contributed by atoms with Crippen molar-refractivity contribution in [2.24, 2.45) is 0 Å². The number of carbonyl (C=O) groups excluding carboxylic acids is 2. The Bertz CT molecular complexity index is 1230. The van der Waals surface area contributed by atoms with E-state index in [4.69, 9.17) is 23.2 Å². The second kappa shape index (κ2) is 9.23. The first-order chi connectivity index (χ1) is 15.8. The summed E-state index contributed by atoms with van der Waals surface area (Å²) in [6.45, 7) is -0.325. The van der Waals surface area contributed by atoms with Crippen molar-refractivity contribution >= 4 is 46.7 Å². The number of anilines is 1. The lowest BCUT2D eigenvalue weighted by Gasteiger charge is -2.34. The van der Waals surface area contributed by atoms with Crippen LogP contribution in [0.15, 0.2) is 66.7 Å². The van der Waals surface area contributed by atoms with Crippen LogP contribution in [0.4, 0.5) is 5.69 Å². The summed E-state index contributed by atoms with van der Waals surface area (Å²) in [5.41, 5.74) is 1.41. The quantitative estimate of drug-likeness (QED) is 0.495. The lowest BCUT2D eigenvalue weighted by molar-refractivity contribution is -0.144. The number of nitrogens with zero attached hydrogens (tertiary/aromatic N) is 1. The van der Waals surface area contributed by atoms with Gasteiger partial charge in [-0.25, -0.2) is 4.79 Å². The Balaban J connectivity index is 1.95. The molecule has 1 aliphatic heterocycles. The minimum atomic E-state index is -1.50. The number of halogens is 2. The molecule has 168 valence electrons. The average Bonchev–Trinajstić information content (AvgIpc) is 2.90. The summed E-state index contributed by atoms with van der Waals surface area (Å²) >= 11 is 12.0. The van der Waals surface area contributed by atoms with Crippen LogP contribution < -0.4 is 5.32 Å². The molecule has 9 heteroatoms. The van der Waals surface area contributed by atoms with Gasteiger partial charge in [-0.3, -0.25) is 9.59 Å². The van der Waals surface area contributed by atoms with Crippen LogP contribution in [0.2, 0.25) is 10.0 Å². The van der Waals surface area contributed by atoms with E-state index in [0.717, 1.165) is 4.90 Å². The van der Waals surface area contributed by atoms with E-state index in [9.17, 15) is 24.6 Å². The summed E-state index contributed by atoms with van der Waals surface area (Å²) < 4.78 is 0. The molecule has 1 aliphatic rings. The maximum Gasteiger partial charge on any atom is 0.331 e. The van der Waals surface area contributed by atoms with Crippen molar-refractivity contribution in [3.63, 3.8) is 0 Å². The van der Waals surface area contributed by atoms with Crippen LogP contribution in [0.3, 0.4) is 0 Å². The van der Waals surface area contributed by atoms with Crippen molar-refractivity contribution < 1.29 is 24.6 Å². The molecule has 2 atom stereocenters. The maximum atomic E-state index is 13.8. The highest BCUT2D eigenvalue weighted by Gasteiger charge is 2.43. The molecular weight excluding hydrogens is 467 g/mol. The zero-order chi connectivity index (χ0) is 23.7. The fourth-order valence-corrected chi connectivity index (χ4v) is 4.10. The first-order valence-electron chi connectivity index (χ1n) is 9.91. The van der Waals surface area contributed by atoms with E-state index >= 15 is 0 Å². The number of carbonyl (C=O) groups is 3. The van der Waals surface area contributed by atoms with Crippen LogP contribution in [-0.2, 0) is 16.2 Å². The summed E-state index contributed by atoms with van der Waals surface area (Å²) in [5.74, 6) is -2.58. The predicted molar refractivity (Wildman–Crippen MR) is 123 cm³/mol. The van der Waals surface area contributed by atoms with Crippen molar-refractivity contribution in [2.45, 2.75) is 18.7 Å². The van der Waals surface area contributed by atoms with E-state index in [-0.39, 0.29) is 23.4 Å². The zero-order valence-corrected chi connectivity index (χ0v) is 18.5. The minimum absolute atomic E-state index is 0.0755. The van der Waals surface area contributed by atoms with Gasteiger partial charge in [0.05, 0.1) is 17.9 Å². The number of benzene rings is 3. The van der Waals surface area contributed by atoms with Crippen molar-refractivity contribution in [3.05, 3.63) is 99.0 Å². The summed E-state index contributed by atoms with van der Waals surface area (Å²) in [6.07, 6.45) is 0. The van der Waals surface area contributed by atoms with Crippen molar-refractivity contribution in [1.82, 2.24) is 4.90 Å². The fourth-order valence-electron chi connectivity index (χ4n) is 3.85. The smallest absolute Gasteiger partial charge is 0.331 e. The highest BCUT2D eigenvalue weighted by atomic mass is 35.5. The molecule has 0 spiro atoms. The third-order valence-corrected chi connectivity index (χ3v) is 5.90. The van der Waals surface area contributed by atoms with Crippen LogP contribution in [0.1, 0.15) is 39.1 Å². The minimum Gasteiger partial charge on any atom is -0.479 e. The number of rotatable bonds is 5. The number of carboxylic acid groups (broad SMARTS) is 1. The van der Waals surface area contributed by atoms with Gasteiger partial charge in [0.2, 0.25) is 0 Å². The lowest BCUT2D eigenvalue weighted by atomic mass is 9.97. The fraction of sp³-hybridized carbons (Fsp3) is 0.125. The molecule has 0 aliphatic carbocycles. The molecular formula is C24H18Cl2N2O5. The number of aliphatic hydroxyl groups is 1. The third kappa shape index (κ3) is 4.43. The first kappa shape index (κ1) is 22.8. The van der Waals surface area contributed by atoms with Gasteiger partial charge >= 0.3 is 5.97 Å². The van der Waals surface area contributed by atoms with Crippen molar-refractivity contribution in [1.29, 1.82) is 0 Å². The van der Waals surface area contributed by atoms with Gasteiger partial charge in [0.25, 0.3) is 11.8 Å². The topological polar surface area (TPSA) is 107 Å². The Morgan fingerprint density at radius 3 is 2.15 bits per heavy atom. The average molecular weight is 485 g/mol. The number of amides is 2. The molecule has 0 aromatic heterocycles. The Morgan fingerprint density at radius 1 is 0.970 bits per heavy atom. The van der Waals surface area contributed by atoms with Gasteiger partial charge in [-0.1, -0.05) is 53.5 Å². The number of carboxylic acids is 1. The van der Waals surface area contributed by atoms with Gasteiger partial charge < -0.3 is 20.4 Å². The Morgan fingerprint density at radius 2 is 1.58 bits per heavy atom. The first-order valence-corrected chi connectivity index (χ1v) is 10.7.